The first-order valence-corrected chi connectivity index (χ1v) is 8.89. The fraction of sp³-hybridized carbons (Fsp3) is 0.909. The van der Waals surface area contributed by atoms with Gasteiger partial charge in [0, 0.05) is 6.92 Å². The molecule has 0 aliphatic rings. The standard InChI is InChI=1S/C9H21Ge.C2H4O2/c1-7(2)10(8(3)4)9(5)6;1-2(3)4/h7-9H,1-6H3;1H3,(H,3,4). The van der Waals surface area contributed by atoms with Gasteiger partial charge in [0.25, 0.3) is 5.97 Å². The molecule has 0 atom stereocenters. The quantitative estimate of drug-likeness (QED) is 0.785. The third kappa shape index (κ3) is 10.1. The van der Waals surface area contributed by atoms with Gasteiger partial charge in [0.05, 0.1) is 0 Å². The molecule has 0 aromatic heterocycles. The van der Waals surface area contributed by atoms with E-state index in [1.807, 2.05) is 0 Å². The van der Waals surface area contributed by atoms with E-state index < -0.39 is 20.3 Å². The van der Waals surface area contributed by atoms with Crippen molar-refractivity contribution in [2.45, 2.75) is 62.7 Å². The van der Waals surface area contributed by atoms with Gasteiger partial charge in [-0.1, -0.05) is 0 Å². The molecule has 0 bridgehead atoms. The van der Waals surface area contributed by atoms with Gasteiger partial charge in [-0.3, -0.25) is 4.79 Å². The van der Waals surface area contributed by atoms with Gasteiger partial charge in [0.15, 0.2) is 0 Å². The van der Waals surface area contributed by atoms with Gasteiger partial charge in [0.1, 0.15) is 0 Å². The Bertz CT molecular complexity index is 130. The first-order chi connectivity index (χ1) is 6.20. The third-order valence-corrected chi connectivity index (χ3v) is 10.4. The molecule has 0 aromatic carbocycles. The Morgan fingerprint density at radius 2 is 1.07 bits per heavy atom. The van der Waals surface area contributed by atoms with Crippen molar-refractivity contribution in [3.05, 3.63) is 0 Å². The van der Waals surface area contributed by atoms with Crippen LogP contribution in [0.4, 0.5) is 0 Å². The van der Waals surface area contributed by atoms with E-state index in [-0.39, 0.29) is 0 Å². The van der Waals surface area contributed by atoms with Crippen LogP contribution < -0.4 is 0 Å². The van der Waals surface area contributed by atoms with E-state index in [9.17, 15) is 0 Å². The molecule has 0 aliphatic carbocycles. The molecule has 3 heteroatoms. The molecule has 0 rings (SSSR count). The number of carbonyl (C=O) groups is 1. The predicted octanol–water partition coefficient (Wildman–Crippen LogP) is 3.80. The average molecular weight is 262 g/mol. The maximum atomic E-state index is 9.00. The minimum absolute atomic E-state index is 0.722. The molecule has 0 unspecified atom stereocenters. The summed E-state index contributed by atoms with van der Waals surface area (Å²) in [6, 6.07) is 0. The van der Waals surface area contributed by atoms with E-state index in [0.717, 1.165) is 21.2 Å². The van der Waals surface area contributed by atoms with E-state index in [4.69, 9.17) is 9.90 Å². The summed E-state index contributed by atoms with van der Waals surface area (Å²) in [5.41, 5.74) is 0. The van der Waals surface area contributed by atoms with E-state index in [0.29, 0.717) is 0 Å². The van der Waals surface area contributed by atoms with E-state index in [1.165, 1.54) is 0 Å². The second-order valence-electron chi connectivity index (χ2n) is 4.48. The molecule has 0 fully saturated rings. The SMILES string of the molecule is CC(=O)O.C[CH](C)[Ge]([CH](C)C)[CH](C)C. The summed E-state index contributed by atoms with van der Waals surface area (Å²) in [5, 5.41) is 7.42. The second kappa shape index (κ2) is 8.33. The summed E-state index contributed by atoms with van der Waals surface area (Å²) < 4.78 is 3.00. The van der Waals surface area contributed by atoms with E-state index >= 15 is 0 Å². The number of hydrogen-bond acceptors (Lipinski definition) is 1. The Morgan fingerprint density at radius 1 is 0.929 bits per heavy atom. The van der Waals surface area contributed by atoms with Crippen LogP contribution in [0.1, 0.15) is 48.5 Å². The van der Waals surface area contributed by atoms with Crippen LogP contribution in [0.15, 0.2) is 0 Å². The van der Waals surface area contributed by atoms with Crippen LogP contribution >= 0.6 is 0 Å². The number of hydrogen-bond donors (Lipinski definition) is 1. The summed E-state index contributed by atoms with van der Waals surface area (Å²) >= 11 is -0.722. The van der Waals surface area contributed by atoms with Crippen LogP contribution in [0.2, 0.25) is 14.3 Å². The Labute approximate surface area is 93.2 Å². The summed E-state index contributed by atoms with van der Waals surface area (Å²) in [4.78, 5) is 9.00. The van der Waals surface area contributed by atoms with Gasteiger partial charge in [-0.05, 0) is 0 Å². The van der Waals surface area contributed by atoms with E-state index in [2.05, 4.69) is 41.5 Å². The molecule has 0 saturated heterocycles. The van der Waals surface area contributed by atoms with Gasteiger partial charge < -0.3 is 5.11 Å². The van der Waals surface area contributed by atoms with Crippen molar-refractivity contribution in [3.63, 3.8) is 0 Å². The third-order valence-electron chi connectivity index (χ3n) is 2.00. The Kier molecular flexibility index (Phi) is 9.79. The summed E-state index contributed by atoms with van der Waals surface area (Å²) in [5.74, 6) is -0.833. The number of rotatable bonds is 3. The zero-order valence-corrected chi connectivity index (χ0v) is 12.7. The molecule has 0 spiro atoms. The van der Waals surface area contributed by atoms with Crippen LogP contribution in [0, 0.1) is 0 Å². The van der Waals surface area contributed by atoms with Gasteiger partial charge in [-0.2, -0.15) is 0 Å². The maximum absolute atomic E-state index is 9.00. The molecular weight excluding hydrogens is 237 g/mol. The van der Waals surface area contributed by atoms with Crippen molar-refractivity contribution < 1.29 is 9.90 Å². The van der Waals surface area contributed by atoms with E-state index in [1.54, 1.807) is 0 Å². The molecule has 1 radical (unpaired) electrons. The van der Waals surface area contributed by atoms with Crippen molar-refractivity contribution in [3.8, 4) is 0 Å². The first kappa shape index (κ1) is 16.4. The molecular formula is C11H25GeO2. The van der Waals surface area contributed by atoms with Gasteiger partial charge >= 0.3 is 70.1 Å². The molecule has 14 heavy (non-hydrogen) atoms. The normalized spacial score (nSPS) is 10.8. The summed E-state index contributed by atoms with van der Waals surface area (Å²) in [6.45, 7) is 15.5. The molecule has 0 aromatic rings. The van der Waals surface area contributed by atoms with Crippen LogP contribution in [0.5, 0.6) is 0 Å². The Hall–Kier alpha value is 0.0129. The second-order valence-corrected chi connectivity index (χ2v) is 13.8. The van der Waals surface area contributed by atoms with Crippen LogP contribution in [0.25, 0.3) is 0 Å². The predicted molar refractivity (Wildman–Crippen MR) is 64.4 cm³/mol. The average Bonchev–Trinajstić information content (AvgIpc) is 1.80. The fourth-order valence-electron chi connectivity index (χ4n) is 2.00. The molecule has 0 saturated carbocycles. The topological polar surface area (TPSA) is 37.3 Å². The summed E-state index contributed by atoms with van der Waals surface area (Å²) in [6.07, 6.45) is 0. The van der Waals surface area contributed by atoms with Crippen molar-refractivity contribution in [1.29, 1.82) is 0 Å². The van der Waals surface area contributed by atoms with Crippen molar-refractivity contribution in [1.82, 2.24) is 0 Å². The monoisotopic (exact) mass is 263 g/mol. The van der Waals surface area contributed by atoms with Crippen LogP contribution in [-0.2, 0) is 4.79 Å². The Balaban J connectivity index is 0. The number of carboxylic acids is 1. The fourth-order valence-corrected chi connectivity index (χ4v) is 10.4. The van der Waals surface area contributed by atoms with Crippen molar-refractivity contribution in [2.24, 2.45) is 0 Å². The Morgan fingerprint density at radius 3 is 1.07 bits per heavy atom. The molecule has 0 heterocycles. The molecule has 0 amide bonds. The van der Waals surface area contributed by atoms with Gasteiger partial charge in [-0.25, -0.2) is 0 Å². The van der Waals surface area contributed by atoms with Crippen molar-refractivity contribution in [2.75, 3.05) is 0 Å². The zero-order chi connectivity index (χ0) is 11.9. The zero-order valence-electron chi connectivity index (χ0n) is 10.6. The molecule has 85 valence electrons. The first-order valence-electron chi connectivity index (χ1n) is 5.26. The minimum atomic E-state index is -0.833. The van der Waals surface area contributed by atoms with Crippen LogP contribution in [0.3, 0.4) is 0 Å². The van der Waals surface area contributed by atoms with Gasteiger partial charge in [-0.15, -0.1) is 0 Å². The summed E-state index contributed by atoms with van der Waals surface area (Å²) in [7, 11) is 0. The number of aliphatic carboxylic acids is 1. The molecule has 2 nitrogen and oxygen atoms in total. The van der Waals surface area contributed by atoms with Crippen LogP contribution in [-0.4, -0.2) is 25.4 Å². The van der Waals surface area contributed by atoms with Crippen molar-refractivity contribution >= 4 is 20.3 Å². The van der Waals surface area contributed by atoms with Gasteiger partial charge in [0.2, 0.25) is 0 Å². The molecule has 1 N–H and O–H groups in total. The number of carboxylic acid groups (broad SMARTS) is 1. The molecule has 0 aliphatic heterocycles.